The first-order chi connectivity index (χ1) is 13.4. The van der Waals surface area contributed by atoms with E-state index in [2.05, 4.69) is 10.4 Å². The minimum Gasteiger partial charge on any atom is -0.451 e. The molecular formula is C19H15Cl2N3O4. The Kier molecular flexibility index (Phi) is 6.28. The quantitative estimate of drug-likeness (QED) is 0.748. The minimum absolute atomic E-state index is 0.0667. The van der Waals surface area contributed by atoms with E-state index >= 15 is 0 Å². The van der Waals surface area contributed by atoms with Crippen LogP contribution in [0, 0.1) is 0 Å². The molecule has 0 aromatic heterocycles. The van der Waals surface area contributed by atoms with Crippen LogP contribution < -0.4 is 10.3 Å². The molecule has 28 heavy (non-hydrogen) atoms. The Labute approximate surface area is 170 Å². The summed E-state index contributed by atoms with van der Waals surface area (Å²) in [5.74, 6) is -1.57. The molecule has 144 valence electrons. The van der Waals surface area contributed by atoms with E-state index in [0.717, 1.165) is 5.01 Å². The van der Waals surface area contributed by atoms with Crippen molar-refractivity contribution < 1.29 is 19.1 Å². The number of ether oxygens (including phenoxy) is 1. The van der Waals surface area contributed by atoms with Crippen LogP contribution in [0.2, 0.25) is 10.0 Å². The minimum atomic E-state index is -0.763. The van der Waals surface area contributed by atoms with Crippen LogP contribution in [0.15, 0.2) is 53.6 Å². The summed E-state index contributed by atoms with van der Waals surface area (Å²) < 4.78 is 5.01. The molecule has 0 fully saturated rings. The maximum atomic E-state index is 12.2. The monoisotopic (exact) mass is 419 g/mol. The summed E-state index contributed by atoms with van der Waals surface area (Å²) in [4.78, 5) is 36.3. The summed E-state index contributed by atoms with van der Waals surface area (Å²) in [7, 11) is 0. The molecule has 0 unspecified atom stereocenters. The number of hydrogen-bond acceptors (Lipinski definition) is 5. The standard InChI is InChI=1S/C19H15Cl2N3O4/c20-12-6-7-14(21)16(10-12)22-17(25)11-28-19(27)15-8-9-18(26)24(23-15)13-4-2-1-3-5-13/h1-7,10H,8-9,11H2,(H,22,25). The predicted molar refractivity (Wildman–Crippen MR) is 107 cm³/mol. The molecule has 1 aliphatic heterocycles. The van der Waals surface area contributed by atoms with Gasteiger partial charge in [0.1, 0.15) is 5.71 Å². The van der Waals surface area contributed by atoms with Crippen molar-refractivity contribution in [2.45, 2.75) is 12.8 Å². The average Bonchev–Trinajstić information content (AvgIpc) is 2.70. The van der Waals surface area contributed by atoms with E-state index in [0.29, 0.717) is 21.4 Å². The fourth-order valence-electron chi connectivity index (χ4n) is 2.47. The molecule has 2 aromatic rings. The average molecular weight is 420 g/mol. The number of amides is 2. The number of rotatable bonds is 5. The predicted octanol–water partition coefficient (Wildman–Crippen LogP) is 3.66. The number of halogens is 2. The van der Waals surface area contributed by atoms with Crippen LogP contribution in [0.1, 0.15) is 12.8 Å². The molecule has 7 nitrogen and oxygen atoms in total. The normalized spacial score (nSPS) is 13.7. The smallest absolute Gasteiger partial charge is 0.355 e. The summed E-state index contributed by atoms with van der Waals surface area (Å²) in [5.41, 5.74) is 0.925. The van der Waals surface area contributed by atoms with Gasteiger partial charge < -0.3 is 10.1 Å². The molecule has 3 rings (SSSR count). The fourth-order valence-corrected chi connectivity index (χ4v) is 2.80. The van der Waals surface area contributed by atoms with E-state index in [9.17, 15) is 14.4 Å². The Balaban J connectivity index is 1.62. The van der Waals surface area contributed by atoms with Gasteiger partial charge in [-0.2, -0.15) is 5.10 Å². The fraction of sp³-hybridized carbons (Fsp3) is 0.158. The Hall–Kier alpha value is -2.90. The Morgan fingerprint density at radius 2 is 1.86 bits per heavy atom. The zero-order valence-corrected chi connectivity index (χ0v) is 16.0. The highest BCUT2D eigenvalue weighted by Crippen LogP contribution is 2.25. The van der Waals surface area contributed by atoms with Gasteiger partial charge in [-0.3, -0.25) is 9.59 Å². The second-order valence-electron chi connectivity index (χ2n) is 5.84. The van der Waals surface area contributed by atoms with Crippen molar-refractivity contribution in [1.29, 1.82) is 0 Å². The molecule has 0 atom stereocenters. The number of nitrogens with zero attached hydrogens (tertiary/aromatic N) is 2. The van der Waals surface area contributed by atoms with Crippen molar-refractivity contribution in [1.82, 2.24) is 0 Å². The molecule has 0 aliphatic carbocycles. The first-order valence-electron chi connectivity index (χ1n) is 8.31. The van der Waals surface area contributed by atoms with Crippen LogP contribution in [0.25, 0.3) is 0 Å². The number of para-hydroxylation sites is 1. The van der Waals surface area contributed by atoms with Crippen molar-refractivity contribution in [3.8, 4) is 0 Å². The number of hydrazone groups is 1. The highest BCUT2D eigenvalue weighted by molar-refractivity contribution is 6.38. The van der Waals surface area contributed by atoms with Crippen LogP contribution >= 0.6 is 23.2 Å². The van der Waals surface area contributed by atoms with Gasteiger partial charge in [-0.25, -0.2) is 9.80 Å². The van der Waals surface area contributed by atoms with Crippen molar-refractivity contribution in [3.05, 3.63) is 58.6 Å². The van der Waals surface area contributed by atoms with E-state index in [-0.39, 0.29) is 24.5 Å². The summed E-state index contributed by atoms with van der Waals surface area (Å²) in [6.07, 6.45) is 0.260. The summed E-state index contributed by atoms with van der Waals surface area (Å²) in [5, 5.41) is 8.45. The Morgan fingerprint density at radius 3 is 2.61 bits per heavy atom. The van der Waals surface area contributed by atoms with Crippen molar-refractivity contribution in [2.24, 2.45) is 5.10 Å². The number of benzene rings is 2. The molecule has 2 aromatic carbocycles. The van der Waals surface area contributed by atoms with Crippen molar-refractivity contribution in [3.63, 3.8) is 0 Å². The third kappa shape index (κ3) is 4.88. The summed E-state index contributed by atoms with van der Waals surface area (Å²) in [6, 6.07) is 13.3. The molecule has 0 radical (unpaired) electrons. The van der Waals surface area contributed by atoms with E-state index < -0.39 is 18.5 Å². The van der Waals surface area contributed by atoms with Gasteiger partial charge in [0.2, 0.25) is 5.91 Å². The third-order valence-electron chi connectivity index (χ3n) is 3.81. The highest BCUT2D eigenvalue weighted by atomic mass is 35.5. The molecule has 0 bridgehead atoms. The van der Waals surface area contributed by atoms with Crippen LogP contribution in [0.4, 0.5) is 11.4 Å². The zero-order valence-electron chi connectivity index (χ0n) is 14.5. The van der Waals surface area contributed by atoms with Gasteiger partial charge in [0.25, 0.3) is 5.91 Å². The SMILES string of the molecule is O=C(COC(=O)C1=NN(c2ccccc2)C(=O)CC1)Nc1cc(Cl)ccc1Cl. The third-order valence-corrected chi connectivity index (χ3v) is 4.37. The largest absolute Gasteiger partial charge is 0.451 e. The van der Waals surface area contributed by atoms with Gasteiger partial charge in [0.15, 0.2) is 6.61 Å². The molecule has 0 spiro atoms. The lowest BCUT2D eigenvalue weighted by molar-refractivity contribution is -0.140. The van der Waals surface area contributed by atoms with Gasteiger partial charge >= 0.3 is 5.97 Å². The number of anilines is 2. The topological polar surface area (TPSA) is 88.1 Å². The van der Waals surface area contributed by atoms with Crippen molar-refractivity contribution in [2.75, 3.05) is 16.9 Å². The van der Waals surface area contributed by atoms with Gasteiger partial charge in [0, 0.05) is 17.9 Å². The summed E-state index contributed by atoms with van der Waals surface area (Å²) in [6.45, 7) is -0.528. The van der Waals surface area contributed by atoms with Gasteiger partial charge in [0.05, 0.1) is 16.4 Å². The maximum Gasteiger partial charge on any atom is 0.355 e. The molecule has 1 aliphatic rings. The van der Waals surface area contributed by atoms with E-state index in [4.69, 9.17) is 27.9 Å². The first kappa shape index (κ1) is 19.9. The molecule has 1 N–H and O–H groups in total. The highest BCUT2D eigenvalue weighted by Gasteiger charge is 2.26. The Morgan fingerprint density at radius 1 is 1.11 bits per heavy atom. The van der Waals surface area contributed by atoms with Crippen LogP contribution in [0.5, 0.6) is 0 Å². The molecule has 1 heterocycles. The molecule has 0 saturated heterocycles. The van der Waals surface area contributed by atoms with Crippen molar-refractivity contribution >= 4 is 58.1 Å². The van der Waals surface area contributed by atoms with Crippen LogP contribution in [0.3, 0.4) is 0 Å². The number of esters is 1. The van der Waals surface area contributed by atoms with Gasteiger partial charge in [-0.1, -0.05) is 41.4 Å². The maximum absolute atomic E-state index is 12.2. The number of hydrogen-bond donors (Lipinski definition) is 1. The van der Waals surface area contributed by atoms with E-state index in [1.807, 2.05) is 6.07 Å². The molecule has 0 saturated carbocycles. The van der Waals surface area contributed by atoms with Gasteiger partial charge in [-0.05, 0) is 30.3 Å². The zero-order chi connectivity index (χ0) is 20.1. The molecule has 9 heteroatoms. The molecule has 2 amide bonds. The lowest BCUT2D eigenvalue weighted by Gasteiger charge is -2.22. The Bertz CT molecular complexity index is 947. The first-order valence-corrected chi connectivity index (χ1v) is 9.07. The van der Waals surface area contributed by atoms with Gasteiger partial charge in [-0.15, -0.1) is 0 Å². The lowest BCUT2D eigenvalue weighted by atomic mass is 10.1. The second kappa shape index (κ2) is 8.86. The second-order valence-corrected chi connectivity index (χ2v) is 6.68. The number of carbonyl (C=O) groups excluding carboxylic acids is 3. The van der Waals surface area contributed by atoms with E-state index in [1.165, 1.54) is 12.1 Å². The summed E-state index contributed by atoms with van der Waals surface area (Å²) >= 11 is 11.8. The van der Waals surface area contributed by atoms with Crippen LogP contribution in [-0.4, -0.2) is 30.1 Å². The number of nitrogens with one attached hydrogen (secondary N) is 1. The van der Waals surface area contributed by atoms with E-state index in [1.54, 1.807) is 30.3 Å². The van der Waals surface area contributed by atoms with Crippen LogP contribution in [-0.2, 0) is 19.1 Å². The lowest BCUT2D eigenvalue weighted by Crippen LogP contribution is -2.35. The molecular weight excluding hydrogens is 405 g/mol. The number of carbonyl (C=O) groups is 3.